The number of piperazine rings is 1. The smallest absolute Gasteiger partial charge is 0.248 e. The van der Waals surface area contributed by atoms with Crippen molar-refractivity contribution in [3.8, 4) is 0 Å². The fourth-order valence-corrected chi connectivity index (χ4v) is 1.91. The minimum absolute atomic E-state index is 0.0496. The third-order valence-electron chi connectivity index (χ3n) is 3.42. The van der Waals surface area contributed by atoms with Crippen LogP contribution in [0.5, 0.6) is 0 Å². The van der Waals surface area contributed by atoms with E-state index in [1.54, 1.807) is 0 Å². The molecule has 0 unspecified atom stereocenters. The van der Waals surface area contributed by atoms with Crippen molar-refractivity contribution in [2.75, 3.05) is 46.4 Å². The number of hydrogen-bond donors (Lipinski definition) is 1. The largest absolute Gasteiger partial charge is 0.391 e. The number of amides is 1. The van der Waals surface area contributed by atoms with Crippen molar-refractivity contribution in [2.45, 2.75) is 26.9 Å². The van der Waals surface area contributed by atoms with Crippen LogP contribution >= 0.6 is 0 Å². The summed E-state index contributed by atoms with van der Waals surface area (Å²) in [7, 11) is 1.54. The van der Waals surface area contributed by atoms with E-state index in [-0.39, 0.29) is 24.0 Å². The second-order valence-electron chi connectivity index (χ2n) is 6.00. The molecular weight excluding hydrogens is 232 g/mol. The van der Waals surface area contributed by atoms with E-state index in [1.807, 2.05) is 25.7 Å². The Morgan fingerprint density at radius 3 is 2.28 bits per heavy atom. The Morgan fingerprint density at radius 1 is 1.28 bits per heavy atom. The normalized spacial score (nSPS) is 19.9. The predicted molar refractivity (Wildman–Crippen MR) is 70.4 cm³/mol. The van der Waals surface area contributed by atoms with Gasteiger partial charge in [-0.15, -0.1) is 0 Å². The van der Waals surface area contributed by atoms with E-state index < -0.39 is 0 Å². The van der Waals surface area contributed by atoms with Gasteiger partial charge in [-0.1, -0.05) is 20.8 Å². The molecule has 1 fully saturated rings. The molecule has 0 radical (unpaired) electrons. The van der Waals surface area contributed by atoms with Crippen molar-refractivity contribution in [1.82, 2.24) is 9.80 Å². The van der Waals surface area contributed by atoms with Gasteiger partial charge in [-0.05, 0) is 5.41 Å². The molecule has 0 aliphatic carbocycles. The third-order valence-corrected chi connectivity index (χ3v) is 3.42. The number of carbonyl (C=O) groups is 1. The molecule has 1 N–H and O–H groups in total. The molecule has 0 aromatic carbocycles. The van der Waals surface area contributed by atoms with Crippen LogP contribution in [0, 0.1) is 5.41 Å². The zero-order valence-electron chi connectivity index (χ0n) is 12.0. The molecule has 1 saturated heterocycles. The van der Waals surface area contributed by atoms with E-state index in [9.17, 15) is 9.90 Å². The first-order chi connectivity index (χ1) is 8.34. The highest BCUT2D eigenvalue weighted by molar-refractivity contribution is 5.77. The summed E-state index contributed by atoms with van der Waals surface area (Å²) in [5.41, 5.74) is -0.0942. The average Bonchev–Trinajstić information content (AvgIpc) is 2.29. The summed E-state index contributed by atoms with van der Waals surface area (Å²) in [6.07, 6.45) is -0.335. The molecule has 5 heteroatoms. The van der Waals surface area contributed by atoms with Crippen molar-refractivity contribution < 1.29 is 14.6 Å². The lowest BCUT2D eigenvalue weighted by atomic mass is 9.89. The molecule has 0 bridgehead atoms. The molecule has 0 spiro atoms. The van der Waals surface area contributed by atoms with Gasteiger partial charge in [-0.25, -0.2) is 0 Å². The number of aliphatic hydroxyl groups excluding tert-OH is 1. The lowest BCUT2D eigenvalue weighted by Crippen LogP contribution is -2.52. The SMILES string of the molecule is COCC(=O)N1CCN(C[C@H](O)C(C)(C)C)CC1. The van der Waals surface area contributed by atoms with Crippen LogP contribution in [0.15, 0.2) is 0 Å². The minimum Gasteiger partial charge on any atom is -0.391 e. The van der Waals surface area contributed by atoms with Gasteiger partial charge in [0, 0.05) is 39.8 Å². The molecule has 1 rings (SSSR count). The summed E-state index contributed by atoms with van der Waals surface area (Å²) in [4.78, 5) is 15.7. The number of hydrogen-bond acceptors (Lipinski definition) is 4. The van der Waals surface area contributed by atoms with E-state index >= 15 is 0 Å². The van der Waals surface area contributed by atoms with E-state index in [0.717, 1.165) is 26.2 Å². The Labute approximate surface area is 110 Å². The van der Waals surface area contributed by atoms with Crippen LogP contribution in [0.1, 0.15) is 20.8 Å². The molecule has 18 heavy (non-hydrogen) atoms. The van der Waals surface area contributed by atoms with Crippen molar-refractivity contribution >= 4 is 5.91 Å². The fourth-order valence-electron chi connectivity index (χ4n) is 1.91. The van der Waals surface area contributed by atoms with Crippen LogP contribution in [-0.2, 0) is 9.53 Å². The van der Waals surface area contributed by atoms with E-state index in [2.05, 4.69) is 4.90 Å². The highest BCUT2D eigenvalue weighted by atomic mass is 16.5. The molecule has 0 aromatic heterocycles. The zero-order valence-corrected chi connectivity index (χ0v) is 12.0. The molecule has 106 valence electrons. The Balaban J connectivity index is 2.33. The van der Waals surface area contributed by atoms with Crippen LogP contribution < -0.4 is 0 Å². The Morgan fingerprint density at radius 2 is 1.83 bits per heavy atom. The van der Waals surface area contributed by atoms with Crippen molar-refractivity contribution in [3.63, 3.8) is 0 Å². The average molecular weight is 258 g/mol. The molecule has 0 saturated carbocycles. The van der Waals surface area contributed by atoms with Gasteiger partial charge in [-0.3, -0.25) is 9.69 Å². The number of β-amino-alcohol motifs (C(OH)–C–C–N with tert-alkyl or cyclic N) is 1. The number of carbonyl (C=O) groups excluding carboxylic acids is 1. The van der Waals surface area contributed by atoms with Gasteiger partial charge >= 0.3 is 0 Å². The highest BCUT2D eigenvalue weighted by Gasteiger charge is 2.27. The van der Waals surface area contributed by atoms with E-state index in [1.165, 1.54) is 7.11 Å². The molecule has 1 heterocycles. The molecule has 1 aliphatic heterocycles. The van der Waals surface area contributed by atoms with Crippen LogP contribution in [0.2, 0.25) is 0 Å². The van der Waals surface area contributed by atoms with Crippen molar-refractivity contribution in [1.29, 1.82) is 0 Å². The standard InChI is InChI=1S/C13H26N2O3/c1-13(2,3)11(16)9-14-5-7-15(8-6-14)12(17)10-18-4/h11,16H,5-10H2,1-4H3/t11-/m0/s1. The number of rotatable bonds is 4. The second kappa shape index (κ2) is 6.50. The maximum Gasteiger partial charge on any atom is 0.248 e. The monoisotopic (exact) mass is 258 g/mol. The Hall–Kier alpha value is -0.650. The maximum atomic E-state index is 11.6. The third kappa shape index (κ3) is 4.55. The van der Waals surface area contributed by atoms with Gasteiger partial charge in [0.2, 0.25) is 5.91 Å². The van der Waals surface area contributed by atoms with Gasteiger partial charge in [0.25, 0.3) is 0 Å². The summed E-state index contributed by atoms with van der Waals surface area (Å²) >= 11 is 0. The van der Waals surface area contributed by atoms with Gasteiger partial charge in [0.1, 0.15) is 6.61 Å². The first-order valence-electron chi connectivity index (χ1n) is 6.51. The van der Waals surface area contributed by atoms with Crippen molar-refractivity contribution in [3.05, 3.63) is 0 Å². The lowest BCUT2D eigenvalue weighted by Gasteiger charge is -2.37. The minimum atomic E-state index is -0.335. The molecule has 1 atom stereocenters. The van der Waals surface area contributed by atoms with Crippen LogP contribution in [0.25, 0.3) is 0 Å². The Kier molecular flexibility index (Phi) is 5.56. The number of methoxy groups -OCH3 is 1. The predicted octanol–water partition coefficient (Wildman–Crippen LogP) is 0.184. The van der Waals surface area contributed by atoms with Gasteiger partial charge < -0.3 is 14.7 Å². The summed E-state index contributed by atoms with van der Waals surface area (Å²) in [5.74, 6) is 0.0496. The Bertz CT molecular complexity index is 268. The van der Waals surface area contributed by atoms with Gasteiger partial charge in [-0.2, -0.15) is 0 Å². The summed E-state index contributed by atoms with van der Waals surface area (Å²) in [5, 5.41) is 10.1. The summed E-state index contributed by atoms with van der Waals surface area (Å²) in [6, 6.07) is 0. The topological polar surface area (TPSA) is 53.0 Å². The van der Waals surface area contributed by atoms with Gasteiger partial charge in [0.15, 0.2) is 0 Å². The van der Waals surface area contributed by atoms with Crippen molar-refractivity contribution in [2.24, 2.45) is 5.41 Å². The molecule has 0 aromatic rings. The maximum absolute atomic E-state index is 11.6. The molecular formula is C13H26N2O3. The fraction of sp³-hybridized carbons (Fsp3) is 0.923. The van der Waals surface area contributed by atoms with Crippen LogP contribution in [0.3, 0.4) is 0 Å². The number of ether oxygens (including phenoxy) is 1. The van der Waals surface area contributed by atoms with Gasteiger partial charge in [0.05, 0.1) is 6.10 Å². The quantitative estimate of drug-likeness (QED) is 0.782. The summed E-state index contributed by atoms with van der Waals surface area (Å²) < 4.78 is 4.85. The highest BCUT2D eigenvalue weighted by Crippen LogP contribution is 2.20. The van der Waals surface area contributed by atoms with E-state index in [0.29, 0.717) is 6.54 Å². The van der Waals surface area contributed by atoms with Crippen LogP contribution in [0.4, 0.5) is 0 Å². The number of aliphatic hydroxyl groups is 1. The lowest BCUT2D eigenvalue weighted by molar-refractivity contribution is -0.137. The first-order valence-corrected chi connectivity index (χ1v) is 6.51. The molecule has 1 aliphatic rings. The zero-order chi connectivity index (χ0) is 13.8. The second-order valence-corrected chi connectivity index (χ2v) is 6.00. The number of nitrogens with zero attached hydrogens (tertiary/aromatic N) is 2. The van der Waals surface area contributed by atoms with Crippen LogP contribution in [-0.4, -0.2) is 73.4 Å². The summed E-state index contributed by atoms with van der Waals surface area (Å²) in [6.45, 7) is 10.0. The molecule has 1 amide bonds. The van der Waals surface area contributed by atoms with E-state index in [4.69, 9.17) is 4.74 Å². The first kappa shape index (κ1) is 15.4. The molecule has 5 nitrogen and oxygen atoms in total.